The van der Waals surface area contributed by atoms with Gasteiger partial charge in [0.1, 0.15) is 22.6 Å². The highest BCUT2D eigenvalue weighted by molar-refractivity contribution is 7.16. The van der Waals surface area contributed by atoms with Gasteiger partial charge < -0.3 is 4.42 Å². The second-order valence-corrected chi connectivity index (χ2v) is 8.33. The lowest BCUT2D eigenvalue weighted by molar-refractivity contribution is -0.384. The van der Waals surface area contributed by atoms with Crippen LogP contribution < -0.4 is 0 Å². The molecule has 2 heterocycles. The van der Waals surface area contributed by atoms with E-state index in [4.69, 9.17) is 16.0 Å². The van der Waals surface area contributed by atoms with Crippen LogP contribution in [0.4, 0.5) is 10.7 Å². The molecule has 1 aliphatic carbocycles. The molecular weight excluding hydrogens is 410 g/mol. The van der Waals surface area contributed by atoms with Crippen LogP contribution in [0.15, 0.2) is 33.7 Å². The number of rotatable bonds is 4. The summed E-state index contributed by atoms with van der Waals surface area (Å²) in [4.78, 5) is 16.7. The third kappa shape index (κ3) is 3.69. The summed E-state index contributed by atoms with van der Waals surface area (Å²) in [7, 11) is 0. The van der Waals surface area contributed by atoms with Gasteiger partial charge in [-0.05, 0) is 61.9 Å². The third-order valence-electron chi connectivity index (χ3n) is 4.94. The zero-order chi connectivity index (χ0) is 20.5. The minimum atomic E-state index is -0.454. The average molecular weight is 426 g/mol. The van der Waals surface area contributed by atoms with Gasteiger partial charge in [0, 0.05) is 16.0 Å². The number of hydrogen-bond acceptors (Lipinski definition) is 6. The second-order valence-electron chi connectivity index (χ2n) is 6.84. The van der Waals surface area contributed by atoms with Gasteiger partial charge in [-0.3, -0.25) is 10.1 Å². The van der Waals surface area contributed by atoms with E-state index in [0.29, 0.717) is 38.2 Å². The number of nitro groups is 1. The van der Waals surface area contributed by atoms with Crippen molar-refractivity contribution in [2.45, 2.75) is 32.6 Å². The van der Waals surface area contributed by atoms with Gasteiger partial charge in [0.2, 0.25) is 0 Å². The third-order valence-corrected chi connectivity index (χ3v) is 6.55. The van der Waals surface area contributed by atoms with Crippen molar-refractivity contribution in [2.24, 2.45) is 4.99 Å². The Kier molecular flexibility index (Phi) is 5.22. The Labute approximate surface area is 176 Å². The van der Waals surface area contributed by atoms with Crippen LogP contribution in [0.3, 0.4) is 0 Å². The Morgan fingerprint density at radius 3 is 2.90 bits per heavy atom. The Hall–Kier alpha value is -2.95. The van der Waals surface area contributed by atoms with E-state index in [1.807, 2.05) is 0 Å². The minimum Gasteiger partial charge on any atom is -0.455 e. The average Bonchev–Trinajstić information content (AvgIpc) is 3.31. The number of aryl methyl sites for hydroxylation is 2. The van der Waals surface area contributed by atoms with E-state index in [0.717, 1.165) is 31.2 Å². The van der Waals surface area contributed by atoms with Crippen molar-refractivity contribution in [2.75, 3.05) is 0 Å². The number of halogens is 1. The summed E-state index contributed by atoms with van der Waals surface area (Å²) in [5.74, 6) is 0.785. The normalized spacial score (nSPS) is 13.4. The van der Waals surface area contributed by atoms with Crippen LogP contribution >= 0.6 is 22.9 Å². The smallest absolute Gasteiger partial charge is 0.280 e. The highest BCUT2D eigenvalue weighted by Crippen LogP contribution is 2.39. The predicted molar refractivity (Wildman–Crippen MR) is 113 cm³/mol. The number of furan rings is 1. The van der Waals surface area contributed by atoms with Crippen LogP contribution in [-0.4, -0.2) is 11.1 Å². The molecular formula is C21H16ClN3O3S. The van der Waals surface area contributed by atoms with Crippen LogP contribution in [-0.2, 0) is 12.8 Å². The standard InChI is InChI=1S/C21H16ClN3O3S/c1-12-8-18(25(26)27)15(9-17(12)22)19-7-6-13(28-19)11-24-21-16(10-23)14-4-2-3-5-20(14)29-21/h6-9,11H,2-5H2,1H3/b24-11+. The fraction of sp³-hybridized carbons (Fsp3) is 0.238. The van der Waals surface area contributed by atoms with Gasteiger partial charge in [-0.2, -0.15) is 5.26 Å². The molecule has 0 spiro atoms. The molecule has 2 aromatic heterocycles. The van der Waals surface area contributed by atoms with Gasteiger partial charge in [-0.25, -0.2) is 4.99 Å². The van der Waals surface area contributed by atoms with Crippen molar-refractivity contribution >= 4 is 39.8 Å². The zero-order valence-electron chi connectivity index (χ0n) is 15.6. The summed E-state index contributed by atoms with van der Waals surface area (Å²) in [5, 5.41) is 22.0. The lowest BCUT2D eigenvalue weighted by Gasteiger charge is -2.09. The van der Waals surface area contributed by atoms with E-state index in [2.05, 4.69) is 11.1 Å². The molecule has 3 aromatic rings. The Morgan fingerprint density at radius 1 is 1.34 bits per heavy atom. The van der Waals surface area contributed by atoms with E-state index in [-0.39, 0.29) is 5.69 Å². The SMILES string of the molecule is Cc1cc([N+](=O)[O-])c(-c2ccc(/C=N/c3sc4c(c3C#N)CCCC4)o2)cc1Cl. The summed E-state index contributed by atoms with van der Waals surface area (Å²) < 4.78 is 5.76. The van der Waals surface area contributed by atoms with Crippen molar-refractivity contribution in [1.29, 1.82) is 5.26 Å². The Morgan fingerprint density at radius 2 is 2.14 bits per heavy atom. The number of benzene rings is 1. The van der Waals surface area contributed by atoms with Gasteiger partial charge in [0.25, 0.3) is 5.69 Å². The summed E-state index contributed by atoms with van der Waals surface area (Å²) in [6.07, 6.45) is 5.70. The molecule has 29 heavy (non-hydrogen) atoms. The lowest BCUT2D eigenvalue weighted by Crippen LogP contribution is -1.99. The summed E-state index contributed by atoms with van der Waals surface area (Å²) in [6, 6.07) is 8.59. The maximum absolute atomic E-state index is 11.4. The highest BCUT2D eigenvalue weighted by Gasteiger charge is 2.21. The fourth-order valence-corrected chi connectivity index (χ4v) is 4.81. The van der Waals surface area contributed by atoms with Crippen LogP contribution in [0, 0.1) is 28.4 Å². The largest absolute Gasteiger partial charge is 0.455 e. The van der Waals surface area contributed by atoms with E-state index in [1.54, 1.807) is 36.6 Å². The molecule has 0 N–H and O–H groups in total. The number of thiophene rings is 1. The number of nitro benzene ring substituents is 1. The second kappa shape index (κ2) is 7.82. The number of nitrogens with zero attached hydrogens (tertiary/aromatic N) is 3. The number of nitriles is 1. The molecule has 0 unspecified atom stereocenters. The topological polar surface area (TPSA) is 92.4 Å². The molecule has 0 amide bonds. The van der Waals surface area contributed by atoms with E-state index >= 15 is 0 Å². The van der Waals surface area contributed by atoms with E-state index in [9.17, 15) is 15.4 Å². The van der Waals surface area contributed by atoms with Crippen molar-refractivity contribution in [1.82, 2.24) is 0 Å². The molecule has 146 valence electrons. The number of aliphatic imine (C=N–C) groups is 1. The zero-order valence-corrected chi connectivity index (χ0v) is 17.1. The van der Waals surface area contributed by atoms with E-state index < -0.39 is 4.92 Å². The molecule has 0 aliphatic heterocycles. The summed E-state index contributed by atoms with van der Waals surface area (Å²) >= 11 is 7.70. The molecule has 0 atom stereocenters. The maximum Gasteiger partial charge on any atom is 0.280 e. The molecule has 0 saturated heterocycles. The van der Waals surface area contributed by atoms with E-state index in [1.165, 1.54) is 17.0 Å². The summed E-state index contributed by atoms with van der Waals surface area (Å²) in [6.45, 7) is 1.72. The molecule has 4 rings (SSSR count). The minimum absolute atomic E-state index is 0.0672. The number of hydrogen-bond donors (Lipinski definition) is 0. The molecule has 0 saturated carbocycles. The van der Waals surface area contributed by atoms with Crippen LogP contribution in [0.1, 0.15) is 40.2 Å². The van der Waals surface area contributed by atoms with Crippen molar-refractivity contribution in [3.63, 3.8) is 0 Å². The van der Waals surface area contributed by atoms with Crippen LogP contribution in [0.5, 0.6) is 0 Å². The Bertz CT molecular complexity index is 1190. The summed E-state index contributed by atoms with van der Waals surface area (Å²) in [5.41, 5.74) is 2.65. The lowest BCUT2D eigenvalue weighted by atomic mass is 9.96. The molecule has 0 bridgehead atoms. The first-order valence-corrected chi connectivity index (χ1v) is 10.3. The fourth-order valence-electron chi connectivity index (χ4n) is 3.46. The van der Waals surface area contributed by atoms with Gasteiger partial charge in [-0.15, -0.1) is 11.3 Å². The quantitative estimate of drug-likeness (QED) is 0.275. The maximum atomic E-state index is 11.4. The molecule has 6 nitrogen and oxygen atoms in total. The molecule has 1 aromatic carbocycles. The van der Waals surface area contributed by atoms with Crippen molar-refractivity contribution < 1.29 is 9.34 Å². The Balaban J connectivity index is 1.67. The van der Waals surface area contributed by atoms with Gasteiger partial charge in [0.05, 0.1) is 22.3 Å². The van der Waals surface area contributed by atoms with Gasteiger partial charge in [-0.1, -0.05) is 11.6 Å². The molecule has 8 heteroatoms. The highest BCUT2D eigenvalue weighted by atomic mass is 35.5. The molecule has 1 aliphatic rings. The van der Waals surface area contributed by atoms with Crippen LogP contribution in [0.25, 0.3) is 11.3 Å². The van der Waals surface area contributed by atoms with Crippen molar-refractivity contribution in [3.05, 3.63) is 66.7 Å². The first kappa shape index (κ1) is 19.4. The molecule has 0 fully saturated rings. The first-order chi connectivity index (χ1) is 14.0. The van der Waals surface area contributed by atoms with Gasteiger partial charge in [0.15, 0.2) is 0 Å². The van der Waals surface area contributed by atoms with Gasteiger partial charge >= 0.3 is 0 Å². The first-order valence-electron chi connectivity index (χ1n) is 9.11. The molecule has 0 radical (unpaired) electrons. The van der Waals surface area contributed by atoms with Crippen LogP contribution in [0.2, 0.25) is 5.02 Å². The van der Waals surface area contributed by atoms with Crippen molar-refractivity contribution in [3.8, 4) is 17.4 Å². The monoisotopic (exact) mass is 425 g/mol. The number of fused-ring (bicyclic) bond motifs is 1. The predicted octanol–water partition coefficient (Wildman–Crippen LogP) is 6.38.